The predicted octanol–water partition coefficient (Wildman–Crippen LogP) is 5.96. The smallest absolute Gasteiger partial charge is 0.264 e. The largest absolute Gasteiger partial charge is 0.352 e. The van der Waals surface area contributed by atoms with Crippen molar-refractivity contribution in [3.8, 4) is 0 Å². The van der Waals surface area contributed by atoms with Crippen molar-refractivity contribution in [1.82, 2.24) is 10.2 Å². The maximum atomic E-state index is 14.3. The molecule has 218 valence electrons. The van der Waals surface area contributed by atoms with Gasteiger partial charge in [0, 0.05) is 17.6 Å². The lowest BCUT2D eigenvalue weighted by atomic mass is 10.1. The zero-order valence-corrected chi connectivity index (χ0v) is 25.2. The number of carbonyl (C=O) groups excluding carboxylic acids is 2. The van der Waals surface area contributed by atoms with Gasteiger partial charge in [-0.3, -0.25) is 13.9 Å². The minimum atomic E-state index is -4.11. The Morgan fingerprint density at radius 2 is 1.51 bits per heavy atom. The van der Waals surface area contributed by atoms with E-state index in [2.05, 4.69) is 5.32 Å². The maximum absolute atomic E-state index is 14.3. The molecule has 0 aliphatic heterocycles. The number of aryl methyl sites for hydroxylation is 1. The van der Waals surface area contributed by atoms with Gasteiger partial charge in [0.15, 0.2) is 0 Å². The van der Waals surface area contributed by atoms with E-state index >= 15 is 0 Å². The fraction of sp³-hybridized carbons (Fsp3) is 0.375. The molecule has 0 bridgehead atoms. The number of para-hydroxylation sites is 1. The van der Waals surface area contributed by atoms with Gasteiger partial charge in [-0.15, -0.1) is 0 Å². The van der Waals surface area contributed by atoms with Gasteiger partial charge in [0.2, 0.25) is 11.8 Å². The molecule has 0 unspecified atom stereocenters. The molecule has 0 radical (unpaired) electrons. The molecule has 1 N–H and O–H groups in total. The molecule has 1 aliphatic rings. The second-order valence-corrected chi connectivity index (χ2v) is 12.6. The highest BCUT2D eigenvalue weighted by atomic mass is 35.5. The quantitative estimate of drug-likeness (QED) is 0.280. The second-order valence-electron chi connectivity index (χ2n) is 10.3. The molecule has 1 fully saturated rings. The second kappa shape index (κ2) is 14.0. The van der Waals surface area contributed by atoms with Gasteiger partial charge in [0.05, 0.1) is 10.6 Å². The SMILES string of the molecule is CCc1ccccc1N(CC(=O)N(Cc1ccccc1Cl)[C@@H](CC)C(=O)NC1CCCC1)S(=O)(=O)c1ccccc1. The van der Waals surface area contributed by atoms with E-state index in [1.54, 1.807) is 42.5 Å². The van der Waals surface area contributed by atoms with Crippen LogP contribution in [0.15, 0.2) is 83.8 Å². The van der Waals surface area contributed by atoms with E-state index in [4.69, 9.17) is 11.6 Å². The average Bonchev–Trinajstić information content (AvgIpc) is 3.50. The molecule has 3 aromatic carbocycles. The van der Waals surface area contributed by atoms with Crippen LogP contribution in [0, 0.1) is 0 Å². The van der Waals surface area contributed by atoms with Gasteiger partial charge < -0.3 is 10.2 Å². The zero-order valence-electron chi connectivity index (χ0n) is 23.6. The number of carbonyl (C=O) groups is 2. The lowest BCUT2D eigenvalue weighted by Gasteiger charge is -2.34. The predicted molar refractivity (Wildman–Crippen MR) is 163 cm³/mol. The molecule has 0 spiro atoms. The number of hydrogen-bond acceptors (Lipinski definition) is 4. The number of benzene rings is 3. The van der Waals surface area contributed by atoms with E-state index < -0.39 is 28.5 Å². The molecule has 4 rings (SSSR count). The number of anilines is 1. The average molecular weight is 596 g/mol. The Morgan fingerprint density at radius 3 is 2.15 bits per heavy atom. The first-order valence-corrected chi connectivity index (χ1v) is 16.1. The Bertz CT molecular complexity index is 1440. The van der Waals surface area contributed by atoms with Crippen LogP contribution in [0.5, 0.6) is 0 Å². The molecule has 3 aromatic rings. The van der Waals surface area contributed by atoms with Gasteiger partial charge in [-0.25, -0.2) is 8.42 Å². The van der Waals surface area contributed by atoms with Crippen LogP contribution in [-0.2, 0) is 32.6 Å². The standard InChI is InChI=1S/C32H38ClN3O4S/c1-3-24-14-9-13-21-30(24)36(41(39,40)27-18-6-5-7-19-27)23-31(37)35(22-25-15-8-12-20-28(25)33)29(4-2)32(38)34-26-16-10-11-17-26/h5-9,12-15,18-21,26,29H,3-4,10-11,16-17,22-23H2,1-2H3,(H,34,38)/t29-/m0/s1. The molecule has 0 aromatic heterocycles. The number of nitrogens with one attached hydrogen (secondary N) is 1. The van der Waals surface area contributed by atoms with Crippen LogP contribution in [0.1, 0.15) is 57.1 Å². The fourth-order valence-electron chi connectivity index (χ4n) is 5.38. The Labute approximate surface area is 248 Å². The molecule has 0 heterocycles. The van der Waals surface area contributed by atoms with Crippen LogP contribution in [0.3, 0.4) is 0 Å². The normalized spacial score (nSPS) is 14.4. The molecule has 2 amide bonds. The number of rotatable bonds is 12. The third kappa shape index (κ3) is 7.29. The summed E-state index contributed by atoms with van der Waals surface area (Å²) in [5.74, 6) is -0.713. The number of amides is 2. The number of halogens is 1. The van der Waals surface area contributed by atoms with E-state index in [0.29, 0.717) is 29.1 Å². The summed E-state index contributed by atoms with van der Waals surface area (Å²) >= 11 is 6.49. The van der Waals surface area contributed by atoms with Crippen molar-refractivity contribution in [1.29, 1.82) is 0 Å². The first kappa shape index (κ1) is 30.6. The molecule has 0 saturated heterocycles. The number of sulfonamides is 1. The minimum Gasteiger partial charge on any atom is -0.352 e. The molecular formula is C32H38ClN3O4S. The van der Waals surface area contributed by atoms with Crippen LogP contribution in [0.2, 0.25) is 5.02 Å². The van der Waals surface area contributed by atoms with Crippen LogP contribution in [0.25, 0.3) is 0 Å². The summed E-state index contributed by atoms with van der Waals surface area (Å²) in [6, 6.07) is 21.8. The Kier molecular flexibility index (Phi) is 10.5. The third-order valence-electron chi connectivity index (χ3n) is 7.64. The number of nitrogens with zero attached hydrogens (tertiary/aromatic N) is 2. The molecular weight excluding hydrogens is 558 g/mol. The van der Waals surface area contributed by atoms with Crippen molar-refractivity contribution in [2.75, 3.05) is 10.8 Å². The highest BCUT2D eigenvalue weighted by Gasteiger charge is 2.35. The van der Waals surface area contributed by atoms with Crippen molar-refractivity contribution < 1.29 is 18.0 Å². The Balaban J connectivity index is 1.74. The van der Waals surface area contributed by atoms with E-state index in [0.717, 1.165) is 31.2 Å². The monoisotopic (exact) mass is 595 g/mol. The summed E-state index contributed by atoms with van der Waals surface area (Å²) in [6.45, 7) is 3.41. The van der Waals surface area contributed by atoms with Crippen LogP contribution in [0.4, 0.5) is 5.69 Å². The highest BCUT2D eigenvalue weighted by Crippen LogP contribution is 2.29. The summed E-state index contributed by atoms with van der Waals surface area (Å²) in [7, 11) is -4.11. The Hall–Kier alpha value is -3.36. The van der Waals surface area contributed by atoms with Gasteiger partial charge in [-0.05, 0) is 61.1 Å². The van der Waals surface area contributed by atoms with E-state index in [-0.39, 0.29) is 23.4 Å². The van der Waals surface area contributed by atoms with Gasteiger partial charge in [0.25, 0.3) is 10.0 Å². The molecule has 1 atom stereocenters. The van der Waals surface area contributed by atoms with Crippen LogP contribution >= 0.6 is 11.6 Å². The molecule has 41 heavy (non-hydrogen) atoms. The van der Waals surface area contributed by atoms with Crippen molar-refractivity contribution >= 4 is 39.1 Å². The fourth-order valence-corrected chi connectivity index (χ4v) is 7.05. The van der Waals surface area contributed by atoms with Gasteiger partial charge in [-0.2, -0.15) is 0 Å². The van der Waals surface area contributed by atoms with Gasteiger partial charge in [0.1, 0.15) is 12.6 Å². The summed E-state index contributed by atoms with van der Waals surface area (Å²) in [6.07, 6.45) is 4.90. The molecule has 1 saturated carbocycles. The van der Waals surface area contributed by atoms with Crippen molar-refractivity contribution in [2.24, 2.45) is 0 Å². The van der Waals surface area contributed by atoms with Crippen LogP contribution in [-0.4, -0.2) is 43.8 Å². The maximum Gasteiger partial charge on any atom is 0.264 e. The van der Waals surface area contributed by atoms with E-state index in [1.165, 1.54) is 21.3 Å². The molecule has 9 heteroatoms. The third-order valence-corrected chi connectivity index (χ3v) is 9.78. The molecule has 7 nitrogen and oxygen atoms in total. The first-order chi connectivity index (χ1) is 19.8. The topological polar surface area (TPSA) is 86.8 Å². The summed E-state index contributed by atoms with van der Waals surface area (Å²) in [4.78, 5) is 29.4. The molecule has 1 aliphatic carbocycles. The summed E-state index contributed by atoms with van der Waals surface area (Å²) in [5.41, 5.74) is 1.91. The minimum absolute atomic E-state index is 0.0732. The van der Waals surface area contributed by atoms with Crippen molar-refractivity contribution in [2.45, 2.75) is 75.9 Å². The first-order valence-electron chi connectivity index (χ1n) is 14.2. The van der Waals surface area contributed by atoms with E-state index in [1.807, 2.05) is 38.1 Å². The zero-order chi connectivity index (χ0) is 29.4. The van der Waals surface area contributed by atoms with E-state index in [9.17, 15) is 18.0 Å². The van der Waals surface area contributed by atoms with Gasteiger partial charge >= 0.3 is 0 Å². The van der Waals surface area contributed by atoms with Crippen molar-refractivity contribution in [3.63, 3.8) is 0 Å². The summed E-state index contributed by atoms with van der Waals surface area (Å²) in [5, 5.41) is 3.60. The van der Waals surface area contributed by atoms with Gasteiger partial charge in [-0.1, -0.05) is 92.9 Å². The summed E-state index contributed by atoms with van der Waals surface area (Å²) < 4.78 is 29.2. The lowest BCUT2D eigenvalue weighted by molar-refractivity contribution is -0.140. The van der Waals surface area contributed by atoms with Crippen molar-refractivity contribution in [3.05, 3.63) is 95.0 Å². The lowest BCUT2D eigenvalue weighted by Crippen LogP contribution is -2.53. The Morgan fingerprint density at radius 1 is 0.902 bits per heavy atom. The van der Waals surface area contributed by atoms with Crippen LogP contribution < -0.4 is 9.62 Å². The highest BCUT2D eigenvalue weighted by molar-refractivity contribution is 7.92. The number of hydrogen-bond donors (Lipinski definition) is 1.